The molecule has 1 aromatic carbocycles. The van der Waals surface area contributed by atoms with Gasteiger partial charge in [-0.15, -0.1) is 12.4 Å². The van der Waals surface area contributed by atoms with E-state index in [4.69, 9.17) is 10.5 Å². The summed E-state index contributed by atoms with van der Waals surface area (Å²) in [7, 11) is 0. The first-order chi connectivity index (χ1) is 11.7. The standard InChI is InChI=1S/C18H27N3O3.ClH/c19-10-5-11-20-18(23)15-6-4-12-21(14-15)17(22)9-13-24-16-7-2-1-3-8-16;/h1-3,7-8,15H,4-6,9-14,19H2,(H,20,23);1H. The Morgan fingerprint density at radius 2 is 2.04 bits per heavy atom. The van der Waals surface area contributed by atoms with E-state index < -0.39 is 0 Å². The second-order valence-corrected chi connectivity index (χ2v) is 6.02. The minimum atomic E-state index is -0.115. The fourth-order valence-corrected chi connectivity index (χ4v) is 2.81. The second kappa shape index (κ2) is 11.7. The van der Waals surface area contributed by atoms with E-state index >= 15 is 0 Å². The van der Waals surface area contributed by atoms with Crippen LogP contribution < -0.4 is 15.8 Å². The highest BCUT2D eigenvalue weighted by Gasteiger charge is 2.27. The van der Waals surface area contributed by atoms with Gasteiger partial charge in [0.25, 0.3) is 0 Å². The van der Waals surface area contributed by atoms with Crippen LogP contribution in [0.5, 0.6) is 5.75 Å². The lowest BCUT2D eigenvalue weighted by Crippen LogP contribution is -2.46. The van der Waals surface area contributed by atoms with Crippen molar-refractivity contribution in [3.63, 3.8) is 0 Å². The molecule has 0 bridgehead atoms. The third-order valence-electron chi connectivity index (χ3n) is 4.15. The number of carbonyl (C=O) groups is 2. The molecular weight excluding hydrogens is 342 g/mol. The molecule has 1 atom stereocenters. The minimum Gasteiger partial charge on any atom is -0.493 e. The zero-order chi connectivity index (χ0) is 17.2. The summed E-state index contributed by atoms with van der Waals surface area (Å²) in [6.45, 7) is 2.74. The molecule has 0 aliphatic carbocycles. The zero-order valence-electron chi connectivity index (χ0n) is 14.5. The lowest BCUT2D eigenvalue weighted by Gasteiger charge is -2.32. The fraction of sp³-hybridized carbons (Fsp3) is 0.556. The molecule has 6 nitrogen and oxygen atoms in total. The Hall–Kier alpha value is -1.79. The molecule has 2 amide bonds. The van der Waals surface area contributed by atoms with Gasteiger partial charge in [-0.05, 0) is 37.9 Å². The highest BCUT2D eigenvalue weighted by atomic mass is 35.5. The number of hydrogen-bond acceptors (Lipinski definition) is 4. The van der Waals surface area contributed by atoms with E-state index in [9.17, 15) is 9.59 Å². The monoisotopic (exact) mass is 369 g/mol. The molecule has 1 fully saturated rings. The summed E-state index contributed by atoms with van der Waals surface area (Å²) in [6, 6.07) is 9.45. The van der Waals surface area contributed by atoms with E-state index in [1.807, 2.05) is 30.3 Å². The molecule has 1 heterocycles. The summed E-state index contributed by atoms with van der Waals surface area (Å²) in [6.07, 6.45) is 2.80. The van der Waals surface area contributed by atoms with Crippen LogP contribution in [0, 0.1) is 5.92 Å². The van der Waals surface area contributed by atoms with Crippen molar-refractivity contribution in [1.82, 2.24) is 10.2 Å². The molecule has 25 heavy (non-hydrogen) atoms. The van der Waals surface area contributed by atoms with Crippen LogP contribution in [0.3, 0.4) is 0 Å². The number of piperidine rings is 1. The average molecular weight is 370 g/mol. The number of carbonyl (C=O) groups excluding carboxylic acids is 2. The van der Waals surface area contributed by atoms with Crippen molar-refractivity contribution in [1.29, 1.82) is 0 Å². The molecule has 3 N–H and O–H groups in total. The molecule has 1 unspecified atom stereocenters. The normalized spacial score (nSPS) is 16.7. The van der Waals surface area contributed by atoms with Gasteiger partial charge < -0.3 is 20.7 Å². The van der Waals surface area contributed by atoms with Gasteiger partial charge in [-0.1, -0.05) is 18.2 Å². The first-order valence-electron chi connectivity index (χ1n) is 8.64. The van der Waals surface area contributed by atoms with E-state index in [0.717, 1.165) is 31.6 Å². The van der Waals surface area contributed by atoms with Crippen molar-refractivity contribution in [3.8, 4) is 5.75 Å². The molecule has 0 spiro atoms. The molecule has 7 heteroatoms. The lowest BCUT2D eigenvalue weighted by atomic mass is 9.97. The number of hydrogen-bond donors (Lipinski definition) is 2. The quantitative estimate of drug-likeness (QED) is 0.681. The Labute approximate surface area is 155 Å². The topological polar surface area (TPSA) is 84.7 Å². The van der Waals surface area contributed by atoms with Crippen molar-refractivity contribution < 1.29 is 14.3 Å². The highest BCUT2D eigenvalue weighted by Crippen LogP contribution is 2.17. The summed E-state index contributed by atoms with van der Waals surface area (Å²) >= 11 is 0. The maximum Gasteiger partial charge on any atom is 0.226 e. The van der Waals surface area contributed by atoms with Crippen LogP contribution in [-0.4, -0.2) is 49.5 Å². The first kappa shape index (κ1) is 21.3. The number of likely N-dealkylation sites (tertiary alicyclic amines) is 1. The third kappa shape index (κ3) is 7.32. The molecule has 1 saturated heterocycles. The van der Waals surface area contributed by atoms with E-state index in [2.05, 4.69) is 5.32 Å². The smallest absolute Gasteiger partial charge is 0.226 e. The largest absolute Gasteiger partial charge is 0.493 e. The molecule has 1 aliphatic rings. The molecule has 1 aromatic rings. The number of nitrogens with zero attached hydrogens (tertiary/aromatic N) is 1. The van der Waals surface area contributed by atoms with Gasteiger partial charge in [0.15, 0.2) is 0 Å². The van der Waals surface area contributed by atoms with Crippen molar-refractivity contribution in [2.75, 3.05) is 32.8 Å². The van der Waals surface area contributed by atoms with Gasteiger partial charge in [0.1, 0.15) is 5.75 Å². The lowest BCUT2D eigenvalue weighted by molar-refractivity contribution is -0.136. The Bertz CT molecular complexity index is 528. The number of amides is 2. The van der Waals surface area contributed by atoms with Crippen LogP contribution >= 0.6 is 12.4 Å². The van der Waals surface area contributed by atoms with E-state index in [-0.39, 0.29) is 30.1 Å². The van der Waals surface area contributed by atoms with Gasteiger partial charge in [0.05, 0.1) is 18.9 Å². The maximum absolute atomic E-state index is 12.3. The van der Waals surface area contributed by atoms with Crippen LogP contribution in [-0.2, 0) is 9.59 Å². The number of rotatable bonds is 8. The number of para-hydroxylation sites is 1. The molecule has 0 radical (unpaired) electrons. The molecule has 1 aliphatic heterocycles. The van der Waals surface area contributed by atoms with Crippen molar-refractivity contribution in [3.05, 3.63) is 30.3 Å². The summed E-state index contributed by atoms with van der Waals surface area (Å²) in [5, 5.41) is 2.90. The molecule has 2 rings (SSSR count). The van der Waals surface area contributed by atoms with E-state index in [1.54, 1.807) is 4.90 Å². The molecular formula is C18H28ClN3O3. The maximum atomic E-state index is 12.3. The van der Waals surface area contributed by atoms with Crippen molar-refractivity contribution in [2.45, 2.75) is 25.7 Å². The van der Waals surface area contributed by atoms with Gasteiger partial charge in [0.2, 0.25) is 11.8 Å². The Morgan fingerprint density at radius 3 is 2.76 bits per heavy atom. The first-order valence-corrected chi connectivity index (χ1v) is 8.64. The Morgan fingerprint density at radius 1 is 1.28 bits per heavy atom. The predicted octanol–water partition coefficient (Wildman–Crippen LogP) is 1.58. The van der Waals surface area contributed by atoms with Crippen LogP contribution in [0.4, 0.5) is 0 Å². The van der Waals surface area contributed by atoms with Gasteiger partial charge in [-0.25, -0.2) is 0 Å². The summed E-state index contributed by atoms with van der Waals surface area (Å²) in [5.74, 6) is 0.725. The van der Waals surface area contributed by atoms with Crippen LogP contribution in [0.2, 0.25) is 0 Å². The Balaban J connectivity index is 0.00000312. The number of nitrogens with two attached hydrogens (primary N) is 1. The van der Waals surface area contributed by atoms with Gasteiger partial charge in [-0.3, -0.25) is 9.59 Å². The molecule has 140 valence electrons. The Kier molecular flexibility index (Phi) is 9.96. The van der Waals surface area contributed by atoms with Gasteiger partial charge in [-0.2, -0.15) is 0 Å². The van der Waals surface area contributed by atoms with Crippen LogP contribution in [0.25, 0.3) is 0 Å². The van der Waals surface area contributed by atoms with Crippen molar-refractivity contribution in [2.24, 2.45) is 11.7 Å². The molecule has 0 saturated carbocycles. The van der Waals surface area contributed by atoms with Gasteiger partial charge >= 0.3 is 0 Å². The summed E-state index contributed by atoms with van der Waals surface area (Å²) in [5.41, 5.74) is 5.43. The second-order valence-electron chi connectivity index (χ2n) is 6.02. The summed E-state index contributed by atoms with van der Waals surface area (Å²) in [4.78, 5) is 26.2. The van der Waals surface area contributed by atoms with E-state index in [1.165, 1.54) is 0 Å². The third-order valence-corrected chi connectivity index (χ3v) is 4.15. The SMILES string of the molecule is Cl.NCCCNC(=O)C1CCCN(C(=O)CCOc2ccccc2)C1. The summed E-state index contributed by atoms with van der Waals surface area (Å²) < 4.78 is 5.57. The zero-order valence-corrected chi connectivity index (χ0v) is 15.3. The van der Waals surface area contributed by atoms with E-state index in [0.29, 0.717) is 32.7 Å². The predicted molar refractivity (Wildman–Crippen MR) is 99.8 cm³/mol. The van der Waals surface area contributed by atoms with Crippen LogP contribution in [0.15, 0.2) is 30.3 Å². The van der Waals surface area contributed by atoms with Crippen molar-refractivity contribution >= 4 is 24.2 Å². The average Bonchev–Trinajstić information content (AvgIpc) is 2.63. The minimum absolute atomic E-state index is 0. The highest BCUT2D eigenvalue weighted by molar-refractivity contribution is 5.85. The number of nitrogens with one attached hydrogen (secondary N) is 1. The number of benzene rings is 1. The number of ether oxygens (including phenoxy) is 1. The fourth-order valence-electron chi connectivity index (χ4n) is 2.81. The van der Waals surface area contributed by atoms with Crippen LogP contribution in [0.1, 0.15) is 25.7 Å². The van der Waals surface area contributed by atoms with Gasteiger partial charge in [0, 0.05) is 19.6 Å². The molecule has 0 aromatic heterocycles. The number of halogens is 1.